The normalized spacial score (nSPS) is 23.5. The highest BCUT2D eigenvalue weighted by Gasteiger charge is 2.32. The van der Waals surface area contributed by atoms with Crippen molar-refractivity contribution in [1.29, 1.82) is 0 Å². The molecule has 2 aromatic rings. The fourth-order valence-corrected chi connectivity index (χ4v) is 3.68. The maximum atomic E-state index is 4.56. The van der Waals surface area contributed by atoms with Crippen LogP contribution in [0.15, 0.2) is 6.33 Å². The van der Waals surface area contributed by atoms with E-state index < -0.39 is 0 Å². The van der Waals surface area contributed by atoms with E-state index in [4.69, 9.17) is 0 Å². The van der Waals surface area contributed by atoms with Gasteiger partial charge in [0, 0.05) is 32.7 Å². The zero-order chi connectivity index (χ0) is 13.7. The summed E-state index contributed by atoms with van der Waals surface area (Å²) in [4.78, 5) is 14.0. The monoisotopic (exact) mass is 272 g/mol. The number of aromatic nitrogens is 4. The van der Waals surface area contributed by atoms with E-state index in [-0.39, 0.29) is 0 Å². The van der Waals surface area contributed by atoms with E-state index in [2.05, 4.69) is 24.9 Å². The molecule has 0 aromatic carbocycles. The van der Waals surface area contributed by atoms with Gasteiger partial charge in [0.05, 0.1) is 11.1 Å². The lowest BCUT2D eigenvalue weighted by Gasteiger charge is -2.38. The lowest BCUT2D eigenvalue weighted by Crippen LogP contribution is -2.50. The minimum atomic E-state index is 0.700. The Morgan fingerprint density at radius 1 is 1.20 bits per heavy atom. The zero-order valence-corrected chi connectivity index (χ0v) is 12.1. The fraction of sp³-hybridized carbons (Fsp3) is 0.643. The van der Waals surface area contributed by atoms with Gasteiger partial charge in [-0.3, -0.25) is 9.58 Å². The first kappa shape index (κ1) is 12.1. The number of anilines is 1. The third kappa shape index (κ3) is 1.71. The molecule has 0 radical (unpaired) electrons. The molecule has 6 heteroatoms. The predicted octanol–water partition coefficient (Wildman–Crippen LogP) is 0.956. The highest BCUT2D eigenvalue weighted by Crippen LogP contribution is 2.29. The number of aryl methyl sites for hydroxylation is 2. The number of nitrogens with zero attached hydrogens (tertiary/aromatic N) is 6. The third-order valence-corrected chi connectivity index (χ3v) is 4.66. The van der Waals surface area contributed by atoms with E-state index in [0.717, 1.165) is 42.2 Å². The molecule has 1 atom stereocenters. The van der Waals surface area contributed by atoms with Crippen LogP contribution in [-0.4, -0.2) is 56.9 Å². The van der Waals surface area contributed by atoms with Crippen LogP contribution in [0, 0.1) is 6.92 Å². The molecular weight excluding hydrogens is 252 g/mol. The number of hydrogen-bond acceptors (Lipinski definition) is 5. The third-order valence-electron chi connectivity index (χ3n) is 4.66. The molecule has 2 aliphatic heterocycles. The van der Waals surface area contributed by atoms with Gasteiger partial charge < -0.3 is 4.90 Å². The lowest BCUT2D eigenvalue weighted by atomic mass is 10.1. The average Bonchev–Trinajstić information content (AvgIpc) is 3.03. The summed E-state index contributed by atoms with van der Waals surface area (Å²) < 4.78 is 1.85. The van der Waals surface area contributed by atoms with Crippen LogP contribution in [0.25, 0.3) is 11.0 Å². The second-order valence-corrected chi connectivity index (χ2v) is 5.88. The molecule has 0 saturated carbocycles. The first-order chi connectivity index (χ1) is 9.74. The second-order valence-electron chi connectivity index (χ2n) is 5.88. The van der Waals surface area contributed by atoms with Crippen LogP contribution < -0.4 is 4.90 Å². The number of piperazine rings is 1. The molecule has 0 bridgehead atoms. The minimum Gasteiger partial charge on any atom is -0.353 e. The van der Waals surface area contributed by atoms with Crippen molar-refractivity contribution in [3.8, 4) is 0 Å². The van der Waals surface area contributed by atoms with E-state index in [1.807, 2.05) is 18.7 Å². The molecule has 106 valence electrons. The van der Waals surface area contributed by atoms with Gasteiger partial charge in [0.15, 0.2) is 5.65 Å². The smallest absolute Gasteiger partial charge is 0.163 e. The summed E-state index contributed by atoms with van der Waals surface area (Å²) in [5.74, 6) is 1.06. The highest BCUT2D eigenvalue weighted by atomic mass is 15.3. The molecule has 2 saturated heterocycles. The maximum Gasteiger partial charge on any atom is 0.163 e. The van der Waals surface area contributed by atoms with Crippen LogP contribution in [0.5, 0.6) is 0 Å². The Morgan fingerprint density at radius 2 is 2.10 bits per heavy atom. The molecule has 4 rings (SSSR count). The maximum absolute atomic E-state index is 4.56. The molecule has 2 aliphatic rings. The van der Waals surface area contributed by atoms with Crippen molar-refractivity contribution in [2.75, 3.05) is 31.1 Å². The SMILES string of the molecule is Cc1nn(C)c2ncnc(N3CCN4CCCC4C3)c12. The molecule has 0 N–H and O–H groups in total. The summed E-state index contributed by atoms with van der Waals surface area (Å²) in [5.41, 5.74) is 1.95. The quantitative estimate of drug-likeness (QED) is 0.774. The van der Waals surface area contributed by atoms with Crippen molar-refractivity contribution in [3.63, 3.8) is 0 Å². The Labute approximate surface area is 118 Å². The molecule has 20 heavy (non-hydrogen) atoms. The zero-order valence-electron chi connectivity index (χ0n) is 12.1. The van der Waals surface area contributed by atoms with Crippen LogP contribution >= 0.6 is 0 Å². The summed E-state index contributed by atoms with van der Waals surface area (Å²) in [7, 11) is 1.95. The van der Waals surface area contributed by atoms with E-state index in [1.54, 1.807) is 6.33 Å². The van der Waals surface area contributed by atoms with Crippen LogP contribution in [0.1, 0.15) is 18.5 Å². The van der Waals surface area contributed by atoms with Crippen molar-refractivity contribution < 1.29 is 0 Å². The highest BCUT2D eigenvalue weighted by molar-refractivity contribution is 5.89. The molecule has 4 heterocycles. The van der Waals surface area contributed by atoms with Crippen molar-refractivity contribution in [2.45, 2.75) is 25.8 Å². The number of hydrogen-bond donors (Lipinski definition) is 0. The van der Waals surface area contributed by atoms with E-state index in [0.29, 0.717) is 6.04 Å². The van der Waals surface area contributed by atoms with Crippen LogP contribution in [0.4, 0.5) is 5.82 Å². The first-order valence-electron chi connectivity index (χ1n) is 7.37. The van der Waals surface area contributed by atoms with Gasteiger partial charge in [-0.1, -0.05) is 0 Å². The van der Waals surface area contributed by atoms with Crippen molar-refractivity contribution in [2.24, 2.45) is 7.05 Å². The van der Waals surface area contributed by atoms with Gasteiger partial charge in [-0.15, -0.1) is 0 Å². The topological polar surface area (TPSA) is 50.1 Å². The van der Waals surface area contributed by atoms with E-state index in [9.17, 15) is 0 Å². The molecule has 0 aliphatic carbocycles. The molecule has 2 fully saturated rings. The van der Waals surface area contributed by atoms with Gasteiger partial charge in [-0.25, -0.2) is 9.97 Å². The standard InChI is InChI=1S/C14H20N6/c1-10-12-13(18(2)17-10)15-9-16-14(12)20-7-6-19-5-3-4-11(19)8-20/h9,11H,3-8H2,1-2H3. The Morgan fingerprint density at radius 3 is 3.00 bits per heavy atom. The van der Waals surface area contributed by atoms with Crippen LogP contribution in [-0.2, 0) is 7.05 Å². The summed E-state index contributed by atoms with van der Waals surface area (Å²) >= 11 is 0. The summed E-state index contributed by atoms with van der Waals surface area (Å²) in [5, 5.41) is 5.60. The predicted molar refractivity (Wildman–Crippen MR) is 77.8 cm³/mol. The Bertz CT molecular complexity index is 648. The van der Waals surface area contributed by atoms with Crippen molar-refractivity contribution in [1.82, 2.24) is 24.6 Å². The Balaban J connectivity index is 1.75. The van der Waals surface area contributed by atoms with Crippen LogP contribution in [0.3, 0.4) is 0 Å². The molecule has 1 unspecified atom stereocenters. The average molecular weight is 272 g/mol. The number of rotatable bonds is 1. The van der Waals surface area contributed by atoms with Gasteiger partial charge in [0.1, 0.15) is 12.1 Å². The first-order valence-corrected chi connectivity index (χ1v) is 7.37. The van der Waals surface area contributed by atoms with Gasteiger partial charge in [0.25, 0.3) is 0 Å². The van der Waals surface area contributed by atoms with Gasteiger partial charge >= 0.3 is 0 Å². The van der Waals surface area contributed by atoms with E-state index >= 15 is 0 Å². The van der Waals surface area contributed by atoms with Crippen molar-refractivity contribution in [3.05, 3.63) is 12.0 Å². The molecule has 2 aromatic heterocycles. The van der Waals surface area contributed by atoms with E-state index in [1.165, 1.54) is 19.4 Å². The second kappa shape index (κ2) is 4.41. The summed E-state index contributed by atoms with van der Waals surface area (Å²) in [6.45, 7) is 6.59. The summed E-state index contributed by atoms with van der Waals surface area (Å²) in [6, 6.07) is 0.700. The van der Waals surface area contributed by atoms with Crippen LogP contribution in [0.2, 0.25) is 0 Å². The van der Waals surface area contributed by atoms with Gasteiger partial charge in [-0.05, 0) is 26.3 Å². The Kier molecular flexibility index (Phi) is 2.66. The molecule has 0 spiro atoms. The Hall–Kier alpha value is -1.69. The summed E-state index contributed by atoms with van der Waals surface area (Å²) in [6.07, 6.45) is 4.32. The minimum absolute atomic E-state index is 0.700. The molecule has 6 nitrogen and oxygen atoms in total. The van der Waals surface area contributed by atoms with Crippen molar-refractivity contribution >= 4 is 16.9 Å². The lowest BCUT2D eigenvalue weighted by molar-refractivity contribution is 0.230. The molecular formula is C14H20N6. The molecule has 0 amide bonds. The largest absolute Gasteiger partial charge is 0.353 e. The van der Waals surface area contributed by atoms with Gasteiger partial charge in [-0.2, -0.15) is 5.10 Å². The van der Waals surface area contributed by atoms with Gasteiger partial charge in [0.2, 0.25) is 0 Å². The fourth-order valence-electron chi connectivity index (χ4n) is 3.68. The number of fused-ring (bicyclic) bond motifs is 2.